The third kappa shape index (κ3) is 2.59. The van der Waals surface area contributed by atoms with Crippen LogP contribution in [-0.4, -0.2) is 34.0 Å². The SMILES string of the molecule is Cc1cc(NC(=O)CN2CCc3c([nH]c4ccccc34)C2C)on1. The molecule has 0 aliphatic carbocycles. The zero-order valence-corrected chi connectivity index (χ0v) is 13.8. The molecule has 0 radical (unpaired) electrons. The molecule has 0 fully saturated rings. The van der Waals surface area contributed by atoms with Crippen LogP contribution in [0.25, 0.3) is 10.9 Å². The van der Waals surface area contributed by atoms with E-state index in [1.807, 2.05) is 13.0 Å². The summed E-state index contributed by atoms with van der Waals surface area (Å²) < 4.78 is 5.04. The number of benzene rings is 1. The van der Waals surface area contributed by atoms with Gasteiger partial charge in [-0.25, -0.2) is 0 Å². The fourth-order valence-electron chi connectivity index (χ4n) is 3.48. The van der Waals surface area contributed by atoms with Crippen molar-refractivity contribution in [1.82, 2.24) is 15.0 Å². The van der Waals surface area contributed by atoms with Crippen molar-refractivity contribution in [1.29, 1.82) is 0 Å². The van der Waals surface area contributed by atoms with Gasteiger partial charge in [0.2, 0.25) is 11.8 Å². The number of anilines is 1. The van der Waals surface area contributed by atoms with Gasteiger partial charge >= 0.3 is 0 Å². The molecular formula is C18H20N4O2. The third-order valence-corrected chi connectivity index (χ3v) is 4.70. The second kappa shape index (κ2) is 5.79. The molecule has 1 aromatic carbocycles. The Morgan fingerprint density at radius 1 is 1.46 bits per heavy atom. The zero-order chi connectivity index (χ0) is 16.7. The quantitative estimate of drug-likeness (QED) is 0.776. The van der Waals surface area contributed by atoms with E-state index in [1.165, 1.54) is 16.6 Å². The molecule has 3 aromatic rings. The number of hydrogen-bond donors (Lipinski definition) is 2. The summed E-state index contributed by atoms with van der Waals surface area (Å²) in [6.45, 7) is 5.15. The Balaban J connectivity index is 1.50. The highest BCUT2D eigenvalue weighted by Crippen LogP contribution is 2.33. The second-order valence-corrected chi connectivity index (χ2v) is 6.34. The van der Waals surface area contributed by atoms with Gasteiger partial charge in [-0.2, -0.15) is 0 Å². The maximum absolute atomic E-state index is 12.3. The molecule has 1 atom stereocenters. The Morgan fingerprint density at radius 2 is 2.29 bits per heavy atom. The van der Waals surface area contributed by atoms with E-state index in [0.29, 0.717) is 12.4 Å². The molecule has 1 aliphatic rings. The minimum absolute atomic E-state index is 0.0856. The molecule has 0 bridgehead atoms. The first-order chi connectivity index (χ1) is 11.6. The number of nitrogens with one attached hydrogen (secondary N) is 2. The normalized spacial score (nSPS) is 17.8. The molecule has 1 amide bonds. The van der Waals surface area contributed by atoms with Crippen LogP contribution in [0.1, 0.15) is 29.9 Å². The van der Waals surface area contributed by atoms with Crippen molar-refractivity contribution in [2.75, 3.05) is 18.4 Å². The molecule has 0 spiro atoms. The number of rotatable bonds is 3. The minimum Gasteiger partial charge on any atom is -0.357 e. The number of para-hydroxylation sites is 1. The van der Waals surface area contributed by atoms with Crippen LogP contribution in [0.4, 0.5) is 5.88 Å². The van der Waals surface area contributed by atoms with Crippen molar-refractivity contribution in [2.24, 2.45) is 0 Å². The first-order valence-electron chi connectivity index (χ1n) is 8.18. The van der Waals surface area contributed by atoms with Gasteiger partial charge in [-0.15, -0.1) is 0 Å². The Bertz CT molecular complexity index is 895. The van der Waals surface area contributed by atoms with E-state index in [-0.39, 0.29) is 11.9 Å². The number of aryl methyl sites for hydroxylation is 1. The lowest BCUT2D eigenvalue weighted by Gasteiger charge is -2.32. The van der Waals surface area contributed by atoms with Gasteiger partial charge < -0.3 is 9.51 Å². The van der Waals surface area contributed by atoms with Crippen molar-refractivity contribution in [3.8, 4) is 0 Å². The predicted molar refractivity (Wildman–Crippen MR) is 91.9 cm³/mol. The van der Waals surface area contributed by atoms with Crippen molar-refractivity contribution in [3.63, 3.8) is 0 Å². The van der Waals surface area contributed by atoms with Crippen LogP contribution in [0, 0.1) is 6.92 Å². The number of aromatic nitrogens is 2. The molecule has 1 unspecified atom stereocenters. The second-order valence-electron chi connectivity index (χ2n) is 6.34. The van der Waals surface area contributed by atoms with Crippen LogP contribution in [0.5, 0.6) is 0 Å². The number of hydrogen-bond acceptors (Lipinski definition) is 4. The van der Waals surface area contributed by atoms with Gasteiger partial charge in [-0.05, 0) is 31.9 Å². The number of H-pyrrole nitrogens is 1. The summed E-state index contributed by atoms with van der Waals surface area (Å²) in [5.41, 5.74) is 4.50. The molecule has 4 rings (SSSR count). The fourth-order valence-corrected chi connectivity index (χ4v) is 3.48. The number of amides is 1. The highest BCUT2D eigenvalue weighted by atomic mass is 16.5. The summed E-state index contributed by atoms with van der Waals surface area (Å²) in [5, 5.41) is 7.83. The van der Waals surface area contributed by atoms with Crippen molar-refractivity contribution >= 4 is 22.7 Å². The van der Waals surface area contributed by atoms with Crippen LogP contribution < -0.4 is 5.32 Å². The maximum Gasteiger partial charge on any atom is 0.240 e. The van der Waals surface area contributed by atoms with Gasteiger partial charge in [0.25, 0.3) is 0 Å². The summed E-state index contributed by atoms with van der Waals surface area (Å²) in [7, 11) is 0. The molecular weight excluding hydrogens is 304 g/mol. The Morgan fingerprint density at radius 3 is 3.08 bits per heavy atom. The lowest BCUT2D eigenvalue weighted by Crippen LogP contribution is -2.39. The van der Waals surface area contributed by atoms with Crippen LogP contribution in [0.3, 0.4) is 0 Å². The average molecular weight is 324 g/mol. The molecule has 1 aliphatic heterocycles. The van der Waals surface area contributed by atoms with Crippen LogP contribution in [0.15, 0.2) is 34.9 Å². The zero-order valence-electron chi connectivity index (χ0n) is 13.8. The van der Waals surface area contributed by atoms with Crippen molar-refractivity contribution < 1.29 is 9.32 Å². The number of nitrogens with zero attached hydrogens (tertiary/aromatic N) is 2. The molecule has 24 heavy (non-hydrogen) atoms. The topological polar surface area (TPSA) is 74.2 Å². The average Bonchev–Trinajstić information content (AvgIpc) is 3.14. The summed E-state index contributed by atoms with van der Waals surface area (Å²) >= 11 is 0. The maximum atomic E-state index is 12.3. The predicted octanol–water partition coefficient (Wildman–Crippen LogP) is 3.02. The third-order valence-electron chi connectivity index (χ3n) is 4.70. The molecule has 6 heteroatoms. The van der Waals surface area contributed by atoms with Crippen molar-refractivity contribution in [2.45, 2.75) is 26.3 Å². The van der Waals surface area contributed by atoms with Gasteiger partial charge in [0.15, 0.2) is 0 Å². The van der Waals surface area contributed by atoms with Gasteiger partial charge in [-0.1, -0.05) is 23.4 Å². The van der Waals surface area contributed by atoms with E-state index in [9.17, 15) is 4.79 Å². The van der Waals surface area contributed by atoms with E-state index in [1.54, 1.807) is 6.07 Å². The van der Waals surface area contributed by atoms with Crippen LogP contribution >= 0.6 is 0 Å². The molecule has 0 saturated carbocycles. The Labute approximate surface area is 139 Å². The van der Waals surface area contributed by atoms with Gasteiger partial charge in [0, 0.05) is 35.2 Å². The van der Waals surface area contributed by atoms with E-state index in [0.717, 1.165) is 24.2 Å². The Kier molecular flexibility index (Phi) is 3.61. The van der Waals surface area contributed by atoms with Gasteiger partial charge in [-0.3, -0.25) is 15.0 Å². The van der Waals surface area contributed by atoms with Gasteiger partial charge in [0.05, 0.1) is 12.2 Å². The van der Waals surface area contributed by atoms with E-state index >= 15 is 0 Å². The Hall–Kier alpha value is -2.60. The largest absolute Gasteiger partial charge is 0.357 e. The van der Waals surface area contributed by atoms with Gasteiger partial charge in [0.1, 0.15) is 0 Å². The van der Waals surface area contributed by atoms with E-state index < -0.39 is 0 Å². The first kappa shape index (κ1) is 15.0. The number of aromatic amines is 1. The summed E-state index contributed by atoms with van der Waals surface area (Å²) in [5.74, 6) is 0.311. The fraction of sp³-hybridized carbons (Fsp3) is 0.333. The summed E-state index contributed by atoms with van der Waals surface area (Å²) in [6.07, 6.45) is 0.943. The standard InChI is InChI=1S/C18H20N4O2/c1-11-9-17(24-21-11)20-16(23)10-22-8-7-14-13-5-3-4-6-15(13)19-18(14)12(22)2/h3-6,9,12,19H,7-8,10H2,1-2H3,(H,20,23). The highest BCUT2D eigenvalue weighted by molar-refractivity contribution is 5.91. The highest BCUT2D eigenvalue weighted by Gasteiger charge is 2.28. The molecule has 2 N–H and O–H groups in total. The molecule has 2 aromatic heterocycles. The first-order valence-corrected chi connectivity index (χ1v) is 8.18. The van der Waals surface area contributed by atoms with E-state index in [4.69, 9.17) is 4.52 Å². The molecule has 0 saturated heterocycles. The minimum atomic E-state index is -0.0856. The molecule has 124 valence electrons. The summed E-state index contributed by atoms with van der Waals surface area (Å²) in [4.78, 5) is 18.0. The van der Waals surface area contributed by atoms with Crippen molar-refractivity contribution in [3.05, 3.63) is 47.3 Å². The lowest BCUT2D eigenvalue weighted by molar-refractivity contribution is -0.118. The number of carbonyl (C=O) groups excluding carboxylic acids is 1. The van der Waals surface area contributed by atoms with E-state index in [2.05, 4.69) is 45.5 Å². The molecule has 6 nitrogen and oxygen atoms in total. The molecule has 3 heterocycles. The van der Waals surface area contributed by atoms with Crippen LogP contribution in [-0.2, 0) is 11.2 Å². The van der Waals surface area contributed by atoms with Crippen LogP contribution in [0.2, 0.25) is 0 Å². The lowest BCUT2D eigenvalue weighted by atomic mass is 9.98. The number of carbonyl (C=O) groups is 1. The number of fused-ring (bicyclic) bond motifs is 3. The smallest absolute Gasteiger partial charge is 0.240 e. The summed E-state index contributed by atoms with van der Waals surface area (Å²) in [6, 6.07) is 10.3. The monoisotopic (exact) mass is 324 g/mol.